The lowest BCUT2D eigenvalue weighted by Crippen LogP contribution is -2.40. The van der Waals surface area contributed by atoms with Gasteiger partial charge in [-0.2, -0.15) is 0 Å². The average molecular weight is 366 g/mol. The van der Waals surface area contributed by atoms with Gasteiger partial charge in [-0.3, -0.25) is 4.99 Å². The first-order valence-electron chi connectivity index (χ1n) is 6.96. The standard InChI is InChI=1S/C13H26N4.HI/c1-17-7-5-12(6-8-17)10-16-13(14)15-9-11-3-2-4-11;/h11-12H,2-10H2,1H3,(H3,14,15,16);1H. The van der Waals surface area contributed by atoms with Crippen LogP contribution in [0.1, 0.15) is 32.1 Å². The highest BCUT2D eigenvalue weighted by Gasteiger charge is 2.18. The largest absolute Gasteiger partial charge is 0.370 e. The van der Waals surface area contributed by atoms with Crippen molar-refractivity contribution in [3.8, 4) is 0 Å². The Kier molecular flexibility index (Phi) is 7.29. The molecule has 2 rings (SSSR count). The van der Waals surface area contributed by atoms with Crippen LogP contribution in [0.2, 0.25) is 0 Å². The third-order valence-corrected chi connectivity index (χ3v) is 4.15. The van der Waals surface area contributed by atoms with E-state index < -0.39 is 0 Å². The van der Waals surface area contributed by atoms with Gasteiger partial charge in [0.25, 0.3) is 0 Å². The Morgan fingerprint density at radius 3 is 2.44 bits per heavy atom. The highest BCUT2D eigenvalue weighted by Crippen LogP contribution is 2.26. The van der Waals surface area contributed by atoms with Crippen LogP contribution in [-0.4, -0.2) is 44.1 Å². The first-order valence-corrected chi connectivity index (χ1v) is 6.96. The van der Waals surface area contributed by atoms with Gasteiger partial charge >= 0.3 is 0 Å². The van der Waals surface area contributed by atoms with E-state index >= 15 is 0 Å². The Bertz CT molecular complexity index is 258. The minimum Gasteiger partial charge on any atom is -0.370 e. The SMILES string of the molecule is CN1CCC(CNC(N)=NCC2CCC2)CC1.I. The third kappa shape index (κ3) is 5.30. The lowest BCUT2D eigenvalue weighted by atomic mass is 9.86. The zero-order valence-corrected chi connectivity index (χ0v) is 13.7. The van der Waals surface area contributed by atoms with Gasteiger partial charge in [-0.05, 0) is 57.7 Å². The summed E-state index contributed by atoms with van der Waals surface area (Å²) in [6.45, 7) is 4.34. The third-order valence-electron chi connectivity index (χ3n) is 4.15. The molecule has 0 aromatic heterocycles. The number of nitrogens with two attached hydrogens (primary N) is 1. The topological polar surface area (TPSA) is 53.6 Å². The fourth-order valence-electron chi connectivity index (χ4n) is 2.47. The van der Waals surface area contributed by atoms with E-state index in [1.54, 1.807) is 0 Å². The molecule has 18 heavy (non-hydrogen) atoms. The first kappa shape index (κ1) is 16.0. The Morgan fingerprint density at radius 1 is 1.22 bits per heavy atom. The minimum atomic E-state index is 0. The molecule has 5 heteroatoms. The molecule has 0 radical (unpaired) electrons. The Morgan fingerprint density at radius 2 is 1.89 bits per heavy atom. The molecule has 1 aliphatic carbocycles. The smallest absolute Gasteiger partial charge is 0.188 e. The molecule has 0 atom stereocenters. The summed E-state index contributed by atoms with van der Waals surface area (Å²) < 4.78 is 0. The second-order valence-corrected chi connectivity index (χ2v) is 5.65. The van der Waals surface area contributed by atoms with Crippen LogP contribution in [0.5, 0.6) is 0 Å². The molecule has 0 aromatic carbocycles. The van der Waals surface area contributed by atoms with Crippen molar-refractivity contribution in [3.63, 3.8) is 0 Å². The van der Waals surface area contributed by atoms with Crippen LogP contribution in [0.3, 0.4) is 0 Å². The number of guanidine groups is 1. The molecular weight excluding hydrogens is 339 g/mol. The summed E-state index contributed by atoms with van der Waals surface area (Å²) in [4.78, 5) is 6.81. The van der Waals surface area contributed by atoms with Crippen molar-refractivity contribution in [1.82, 2.24) is 10.2 Å². The molecule has 1 saturated heterocycles. The van der Waals surface area contributed by atoms with E-state index in [4.69, 9.17) is 5.73 Å². The normalized spacial score (nSPS) is 23.3. The number of piperidine rings is 1. The predicted molar refractivity (Wildman–Crippen MR) is 87.5 cm³/mol. The lowest BCUT2D eigenvalue weighted by Gasteiger charge is -2.29. The zero-order valence-electron chi connectivity index (χ0n) is 11.4. The summed E-state index contributed by atoms with van der Waals surface area (Å²) in [6, 6.07) is 0. The van der Waals surface area contributed by atoms with E-state index in [9.17, 15) is 0 Å². The van der Waals surface area contributed by atoms with Gasteiger partial charge < -0.3 is 16.0 Å². The summed E-state index contributed by atoms with van der Waals surface area (Å²) in [5.41, 5.74) is 5.87. The van der Waals surface area contributed by atoms with Crippen LogP contribution in [0.4, 0.5) is 0 Å². The van der Waals surface area contributed by atoms with E-state index in [-0.39, 0.29) is 24.0 Å². The maximum Gasteiger partial charge on any atom is 0.188 e. The van der Waals surface area contributed by atoms with Gasteiger partial charge in [-0.15, -0.1) is 24.0 Å². The quantitative estimate of drug-likeness (QED) is 0.452. The molecule has 3 N–H and O–H groups in total. The average Bonchev–Trinajstić information content (AvgIpc) is 2.26. The van der Waals surface area contributed by atoms with Gasteiger partial charge in [0.05, 0.1) is 0 Å². The molecule has 1 heterocycles. The fourth-order valence-corrected chi connectivity index (χ4v) is 2.47. The van der Waals surface area contributed by atoms with Gasteiger partial charge in [0, 0.05) is 13.1 Å². The maximum atomic E-state index is 5.87. The van der Waals surface area contributed by atoms with Crippen molar-refractivity contribution in [3.05, 3.63) is 0 Å². The van der Waals surface area contributed by atoms with Gasteiger partial charge in [0.15, 0.2) is 5.96 Å². The number of halogens is 1. The van der Waals surface area contributed by atoms with E-state index in [0.29, 0.717) is 5.96 Å². The number of likely N-dealkylation sites (tertiary alicyclic amines) is 1. The summed E-state index contributed by atoms with van der Waals surface area (Å²) >= 11 is 0. The van der Waals surface area contributed by atoms with Crippen molar-refractivity contribution >= 4 is 29.9 Å². The number of nitrogens with one attached hydrogen (secondary N) is 1. The van der Waals surface area contributed by atoms with Crippen LogP contribution >= 0.6 is 24.0 Å². The number of hydrogen-bond acceptors (Lipinski definition) is 2. The minimum absolute atomic E-state index is 0. The van der Waals surface area contributed by atoms with Crippen molar-refractivity contribution < 1.29 is 0 Å². The van der Waals surface area contributed by atoms with E-state index in [1.807, 2.05) is 0 Å². The molecule has 0 unspecified atom stereocenters. The zero-order chi connectivity index (χ0) is 12.1. The Balaban J connectivity index is 0.00000162. The Labute approximate surface area is 128 Å². The second kappa shape index (κ2) is 8.19. The lowest BCUT2D eigenvalue weighted by molar-refractivity contribution is 0.220. The fraction of sp³-hybridized carbons (Fsp3) is 0.923. The van der Waals surface area contributed by atoms with E-state index in [0.717, 1.165) is 24.9 Å². The number of rotatable bonds is 4. The molecule has 0 bridgehead atoms. The highest BCUT2D eigenvalue weighted by atomic mass is 127. The van der Waals surface area contributed by atoms with Gasteiger partial charge in [-0.1, -0.05) is 6.42 Å². The first-order chi connectivity index (χ1) is 8.24. The van der Waals surface area contributed by atoms with Crippen LogP contribution in [0.25, 0.3) is 0 Å². The summed E-state index contributed by atoms with van der Waals surface area (Å²) in [5.74, 6) is 2.22. The predicted octanol–water partition coefficient (Wildman–Crippen LogP) is 1.65. The second-order valence-electron chi connectivity index (χ2n) is 5.65. The molecule has 2 fully saturated rings. The molecule has 106 valence electrons. The van der Waals surface area contributed by atoms with Gasteiger partial charge in [0.1, 0.15) is 0 Å². The van der Waals surface area contributed by atoms with Crippen LogP contribution in [0, 0.1) is 11.8 Å². The molecule has 0 spiro atoms. The van der Waals surface area contributed by atoms with Crippen LogP contribution in [-0.2, 0) is 0 Å². The van der Waals surface area contributed by atoms with Crippen molar-refractivity contribution in [1.29, 1.82) is 0 Å². The number of aliphatic imine (C=N–C) groups is 1. The molecule has 4 nitrogen and oxygen atoms in total. The van der Waals surface area contributed by atoms with E-state index in [2.05, 4.69) is 22.3 Å². The summed E-state index contributed by atoms with van der Waals surface area (Å²) in [7, 11) is 2.19. The van der Waals surface area contributed by atoms with Crippen molar-refractivity contribution in [2.24, 2.45) is 22.6 Å². The molecule has 0 aromatic rings. The maximum absolute atomic E-state index is 5.87. The molecule has 0 amide bonds. The van der Waals surface area contributed by atoms with Crippen molar-refractivity contribution in [2.45, 2.75) is 32.1 Å². The number of nitrogens with zero attached hydrogens (tertiary/aromatic N) is 2. The van der Waals surface area contributed by atoms with Crippen LogP contribution < -0.4 is 11.1 Å². The van der Waals surface area contributed by atoms with Gasteiger partial charge in [0.2, 0.25) is 0 Å². The summed E-state index contributed by atoms with van der Waals surface area (Å²) in [5, 5.41) is 3.28. The van der Waals surface area contributed by atoms with E-state index in [1.165, 1.54) is 45.2 Å². The number of hydrogen-bond donors (Lipinski definition) is 2. The monoisotopic (exact) mass is 366 g/mol. The molecular formula is C13H27IN4. The Hall–Kier alpha value is -0.0400. The highest BCUT2D eigenvalue weighted by molar-refractivity contribution is 14.0. The molecule has 1 aliphatic heterocycles. The van der Waals surface area contributed by atoms with Gasteiger partial charge in [-0.25, -0.2) is 0 Å². The summed E-state index contributed by atoms with van der Waals surface area (Å²) in [6.07, 6.45) is 6.61. The molecule has 1 saturated carbocycles. The van der Waals surface area contributed by atoms with Crippen molar-refractivity contribution in [2.75, 3.05) is 33.2 Å². The molecule has 2 aliphatic rings. The van der Waals surface area contributed by atoms with Crippen LogP contribution in [0.15, 0.2) is 4.99 Å².